The van der Waals surface area contributed by atoms with Crippen LogP contribution in [0.25, 0.3) is 16.6 Å². The van der Waals surface area contributed by atoms with Crippen LogP contribution < -0.4 is 15.6 Å². The average molecular weight is 402 g/mol. The number of fused-ring (bicyclic) bond motifs is 1. The second kappa shape index (κ2) is 8.86. The summed E-state index contributed by atoms with van der Waals surface area (Å²) in [6.45, 7) is 1.09. The second-order valence-electron chi connectivity index (χ2n) is 6.07. The number of halogens is 1. The highest BCUT2D eigenvalue weighted by molar-refractivity contribution is 6.32. The third kappa shape index (κ3) is 4.16. The molecule has 8 heteroatoms. The molecular formula is C20H20ClN3O4. The minimum Gasteiger partial charge on any atom is -0.495 e. The van der Waals surface area contributed by atoms with Crippen LogP contribution in [-0.2, 0) is 4.74 Å². The highest BCUT2D eigenvalue weighted by atomic mass is 35.5. The van der Waals surface area contributed by atoms with E-state index in [4.69, 9.17) is 21.1 Å². The second-order valence-corrected chi connectivity index (χ2v) is 6.48. The number of aromatic nitrogens is 2. The van der Waals surface area contributed by atoms with Gasteiger partial charge in [-0.05, 0) is 42.8 Å². The maximum Gasteiger partial charge on any atom is 0.265 e. The molecule has 1 heterocycles. The molecule has 0 saturated heterocycles. The minimum absolute atomic E-state index is 0.217. The Hall–Kier alpha value is -2.90. The Morgan fingerprint density at radius 2 is 2.04 bits per heavy atom. The van der Waals surface area contributed by atoms with Crippen LogP contribution in [0.5, 0.6) is 5.75 Å². The van der Waals surface area contributed by atoms with Crippen molar-refractivity contribution in [1.82, 2.24) is 14.9 Å². The fourth-order valence-electron chi connectivity index (χ4n) is 2.77. The van der Waals surface area contributed by atoms with Gasteiger partial charge in [-0.15, -0.1) is 0 Å². The van der Waals surface area contributed by atoms with E-state index in [0.717, 1.165) is 6.42 Å². The van der Waals surface area contributed by atoms with E-state index in [1.165, 1.54) is 18.0 Å². The van der Waals surface area contributed by atoms with Crippen LogP contribution in [0.4, 0.5) is 0 Å². The van der Waals surface area contributed by atoms with E-state index in [0.29, 0.717) is 46.1 Å². The van der Waals surface area contributed by atoms with Crippen LogP contribution in [0, 0.1) is 0 Å². The largest absolute Gasteiger partial charge is 0.495 e. The van der Waals surface area contributed by atoms with Gasteiger partial charge in [0.2, 0.25) is 0 Å². The molecule has 0 atom stereocenters. The molecule has 0 unspecified atom stereocenters. The fraction of sp³-hybridized carbons (Fsp3) is 0.250. The lowest BCUT2D eigenvalue weighted by Gasteiger charge is -2.10. The number of ether oxygens (including phenoxy) is 2. The summed E-state index contributed by atoms with van der Waals surface area (Å²) in [5.74, 6) is 0.305. The molecule has 1 aromatic heterocycles. The van der Waals surface area contributed by atoms with Gasteiger partial charge in [-0.3, -0.25) is 14.2 Å². The Morgan fingerprint density at radius 3 is 2.75 bits per heavy atom. The summed E-state index contributed by atoms with van der Waals surface area (Å²) < 4.78 is 11.5. The summed E-state index contributed by atoms with van der Waals surface area (Å²) >= 11 is 6.15. The van der Waals surface area contributed by atoms with Crippen LogP contribution in [-0.4, -0.2) is 42.8 Å². The number of carbonyl (C=O) groups is 1. The number of nitrogens with one attached hydrogen (secondary N) is 1. The summed E-state index contributed by atoms with van der Waals surface area (Å²) in [4.78, 5) is 29.4. The molecular weight excluding hydrogens is 382 g/mol. The molecule has 0 bridgehead atoms. The van der Waals surface area contributed by atoms with E-state index in [1.807, 2.05) is 0 Å². The first-order chi connectivity index (χ1) is 13.5. The van der Waals surface area contributed by atoms with Crippen LogP contribution in [0.2, 0.25) is 5.02 Å². The molecule has 146 valence electrons. The van der Waals surface area contributed by atoms with Gasteiger partial charge in [-0.1, -0.05) is 11.6 Å². The smallest absolute Gasteiger partial charge is 0.265 e. The SMILES string of the molecule is COCCCNC(=O)c1ccc2c(=O)n(-c3ccc(OC)c(Cl)c3)cnc2c1. The lowest BCUT2D eigenvalue weighted by Crippen LogP contribution is -2.25. The minimum atomic E-state index is -0.252. The van der Waals surface area contributed by atoms with Gasteiger partial charge in [-0.2, -0.15) is 0 Å². The van der Waals surface area contributed by atoms with Crippen molar-refractivity contribution in [2.24, 2.45) is 0 Å². The van der Waals surface area contributed by atoms with Gasteiger partial charge in [-0.25, -0.2) is 4.98 Å². The number of amides is 1. The van der Waals surface area contributed by atoms with Crippen LogP contribution in [0.3, 0.4) is 0 Å². The Bertz CT molecular complexity index is 1060. The first kappa shape index (κ1) is 19.9. The predicted molar refractivity (Wildman–Crippen MR) is 108 cm³/mol. The van der Waals surface area contributed by atoms with Crippen molar-refractivity contribution in [2.75, 3.05) is 27.4 Å². The number of methoxy groups -OCH3 is 2. The maximum atomic E-state index is 12.9. The quantitative estimate of drug-likeness (QED) is 0.615. The molecule has 0 saturated carbocycles. The van der Waals surface area contributed by atoms with Crippen molar-refractivity contribution < 1.29 is 14.3 Å². The van der Waals surface area contributed by atoms with E-state index in [9.17, 15) is 9.59 Å². The van der Waals surface area contributed by atoms with Gasteiger partial charge >= 0.3 is 0 Å². The average Bonchev–Trinajstić information content (AvgIpc) is 2.71. The molecule has 0 fully saturated rings. The van der Waals surface area contributed by atoms with E-state index >= 15 is 0 Å². The molecule has 3 rings (SSSR count). The van der Waals surface area contributed by atoms with E-state index < -0.39 is 0 Å². The molecule has 1 N–H and O–H groups in total. The van der Waals surface area contributed by atoms with E-state index in [2.05, 4.69) is 10.3 Å². The number of hydrogen-bond donors (Lipinski definition) is 1. The van der Waals surface area contributed by atoms with Crippen molar-refractivity contribution in [3.8, 4) is 11.4 Å². The molecule has 0 spiro atoms. The van der Waals surface area contributed by atoms with Gasteiger partial charge in [0.15, 0.2) is 0 Å². The van der Waals surface area contributed by atoms with Crippen molar-refractivity contribution in [3.63, 3.8) is 0 Å². The zero-order valence-electron chi connectivity index (χ0n) is 15.6. The molecule has 0 aliphatic rings. The third-order valence-corrected chi connectivity index (χ3v) is 4.54. The monoisotopic (exact) mass is 401 g/mol. The van der Waals surface area contributed by atoms with Crippen molar-refractivity contribution in [1.29, 1.82) is 0 Å². The topological polar surface area (TPSA) is 82.5 Å². The van der Waals surface area contributed by atoms with Crippen molar-refractivity contribution in [2.45, 2.75) is 6.42 Å². The Labute approximate surface area is 166 Å². The molecule has 2 aromatic carbocycles. The Balaban J connectivity index is 1.89. The van der Waals surface area contributed by atoms with Crippen molar-refractivity contribution in [3.05, 3.63) is 63.7 Å². The zero-order valence-corrected chi connectivity index (χ0v) is 16.3. The Morgan fingerprint density at radius 1 is 1.21 bits per heavy atom. The molecule has 3 aromatic rings. The van der Waals surface area contributed by atoms with E-state index in [-0.39, 0.29) is 11.5 Å². The molecule has 0 aliphatic carbocycles. The standard InChI is InChI=1S/C20H20ClN3O4/c1-27-9-3-8-22-19(25)13-4-6-15-17(10-13)23-12-24(20(15)26)14-5-7-18(28-2)16(21)11-14/h4-7,10-12H,3,8-9H2,1-2H3,(H,22,25). The highest BCUT2D eigenvalue weighted by Gasteiger charge is 2.11. The zero-order chi connectivity index (χ0) is 20.1. The lowest BCUT2D eigenvalue weighted by molar-refractivity contribution is 0.0948. The summed E-state index contributed by atoms with van der Waals surface area (Å²) in [7, 11) is 3.14. The number of carbonyl (C=O) groups excluding carboxylic acids is 1. The number of rotatable bonds is 7. The van der Waals surface area contributed by atoms with Gasteiger partial charge in [0.1, 0.15) is 12.1 Å². The van der Waals surface area contributed by atoms with Gasteiger partial charge in [0.05, 0.1) is 28.7 Å². The number of nitrogens with zero attached hydrogens (tertiary/aromatic N) is 2. The number of hydrogen-bond acceptors (Lipinski definition) is 5. The van der Waals surface area contributed by atoms with Gasteiger partial charge in [0.25, 0.3) is 11.5 Å². The van der Waals surface area contributed by atoms with Crippen LogP contribution in [0.15, 0.2) is 47.5 Å². The first-order valence-electron chi connectivity index (χ1n) is 8.67. The molecule has 7 nitrogen and oxygen atoms in total. The molecule has 0 radical (unpaired) electrons. The summed E-state index contributed by atoms with van der Waals surface area (Å²) in [5, 5.41) is 3.61. The van der Waals surface area contributed by atoms with Crippen molar-refractivity contribution >= 4 is 28.4 Å². The summed E-state index contributed by atoms with van der Waals surface area (Å²) in [6, 6.07) is 9.87. The third-order valence-electron chi connectivity index (χ3n) is 4.25. The van der Waals surface area contributed by atoms with Crippen LogP contribution >= 0.6 is 11.6 Å². The number of benzene rings is 2. The summed E-state index contributed by atoms with van der Waals surface area (Å²) in [5.41, 5.74) is 1.22. The Kier molecular flexibility index (Phi) is 6.28. The maximum absolute atomic E-state index is 12.9. The molecule has 0 aliphatic heterocycles. The normalized spacial score (nSPS) is 10.8. The van der Waals surface area contributed by atoms with E-state index in [1.54, 1.807) is 43.5 Å². The van der Waals surface area contributed by atoms with Gasteiger partial charge < -0.3 is 14.8 Å². The first-order valence-corrected chi connectivity index (χ1v) is 9.05. The summed E-state index contributed by atoms with van der Waals surface area (Å²) in [6.07, 6.45) is 2.15. The van der Waals surface area contributed by atoms with Gasteiger partial charge in [0, 0.05) is 25.8 Å². The fourth-order valence-corrected chi connectivity index (χ4v) is 3.02. The van der Waals surface area contributed by atoms with Crippen LogP contribution in [0.1, 0.15) is 16.8 Å². The highest BCUT2D eigenvalue weighted by Crippen LogP contribution is 2.26. The predicted octanol–water partition coefficient (Wildman–Crippen LogP) is 2.81. The lowest BCUT2D eigenvalue weighted by atomic mass is 10.1. The molecule has 28 heavy (non-hydrogen) atoms. The molecule has 1 amide bonds.